The van der Waals surface area contributed by atoms with Gasteiger partial charge in [-0.2, -0.15) is 0 Å². The summed E-state index contributed by atoms with van der Waals surface area (Å²) < 4.78 is 5.10. The van der Waals surface area contributed by atoms with Crippen LogP contribution in [0.3, 0.4) is 0 Å². The summed E-state index contributed by atoms with van der Waals surface area (Å²) in [5.41, 5.74) is 0.104. The molecular weight excluding hydrogens is 294 g/mol. The number of nitrogens with one attached hydrogen (secondary N) is 1. The number of carbonyl (C=O) groups excluding carboxylic acids is 1. The number of carbonyl (C=O) groups is 2. The van der Waals surface area contributed by atoms with Gasteiger partial charge in [0, 0.05) is 6.42 Å². The van der Waals surface area contributed by atoms with Crippen LogP contribution in [0.2, 0.25) is 0 Å². The summed E-state index contributed by atoms with van der Waals surface area (Å²) in [5, 5.41) is 11.7. The Morgan fingerprint density at radius 2 is 1.52 bits per heavy atom. The van der Waals surface area contributed by atoms with Gasteiger partial charge >= 0.3 is 12.1 Å². The standard InChI is InChI=1S/C18H23NO4/c1-18(2,3)23-17(22)19-15(16(20)21)13-14-11-9-7-5-4-6-8-10-12-14/h4-12,15H,13H2,1-3H3,(H,19,22)(H,20,21). The molecule has 0 saturated heterocycles. The van der Waals surface area contributed by atoms with Crippen LogP contribution in [0.15, 0.2) is 54.6 Å². The maximum Gasteiger partial charge on any atom is 0.408 e. The van der Waals surface area contributed by atoms with E-state index in [0.717, 1.165) is 5.56 Å². The van der Waals surface area contributed by atoms with Crippen LogP contribution in [0.1, 0.15) is 26.3 Å². The molecule has 1 aromatic rings. The molecule has 0 aromatic heterocycles. The van der Waals surface area contributed by atoms with Crippen molar-refractivity contribution in [1.29, 1.82) is 0 Å². The molecule has 2 N–H and O–H groups in total. The normalized spacial score (nSPS) is 11.8. The monoisotopic (exact) mass is 317 g/mol. The van der Waals surface area contributed by atoms with Crippen molar-refractivity contribution >= 4 is 12.1 Å². The second-order valence-electron chi connectivity index (χ2n) is 6.00. The van der Waals surface area contributed by atoms with Crippen molar-refractivity contribution < 1.29 is 19.4 Å². The van der Waals surface area contributed by atoms with Gasteiger partial charge in [0.1, 0.15) is 11.6 Å². The van der Waals surface area contributed by atoms with Gasteiger partial charge in [-0.1, -0.05) is 54.6 Å². The summed E-state index contributed by atoms with van der Waals surface area (Å²) in [6.07, 6.45) is -0.583. The number of carboxylic acids is 1. The van der Waals surface area contributed by atoms with Crippen LogP contribution in [-0.4, -0.2) is 28.8 Å². The van der Waals surface area contributed by atoms with E-state index in [1.807, 2.05) is 54.6 Å². The van der Waals surface area contributed by atoms with Gasteiger partial charge in [0.15, 0.2) is 0 Å². The third-order valence-electron chi connectivity index (χ3n) is 2.72. The SMILES string of the molecule is CC(C)(C)OC(=O)NC(Cc1ccccccccc1)C(=O)O. The fraction of sp³-hybridized carbons (Fsp3) is 0.333. The molecule has 124 valence electrons. The fourth-order valence-corrected chi connectivity index (χ4v) is 1.76. The summed E-state index contributed by atoms with van der Waals surface area (Å²) in [7, 11) is 0. The first-order chi connectivity index (χ1) is 10.8. The van der Waals surface area contributed by atoms with Gasteiger partial charge in [-0.3, -0.25) is 0 Å². The highest BCUT2D eigenvalue weighted by Crippen LogP contribution is 2.08. The molecule has 1 unspecified atom stereocenters. The van der Waals surface area contributed by atoms with E-state index in [0.29, 0.717) is 0 Å². The van der Waals surface area contributed by atoms with E-state index < -0.39 is 23.7 Å². The average Bonchev–Trinajstić information content (AvgIpc) is 2.42. The first-order valence-electron chi connectivity index (χ1n) is 7.37. The smallest absolute Gasteiger partial charge is 0.408 e. The highest BCUT2D eigenvalue weighted by molar-refractivity contribution is 5.80. The van der Waals surface area contributed by atoms with Crippen molar-refractivity contribution in [1.82, 2.24) is 5.32 Å². The zero-order valence-corrected chi connectivity index (χ0v) is 13.7. The maximum absolute atomic E-state index is 11.8. The molecule has 0 bridgehead atoms. The van der Waals surface area contributed by atoms with Crippen molar-refractivity contribution in [3.8, 4) is 0 Å². The van der Waals surface area contributed by atoms with Crippen molar-refractivity contribution in [3.63, 3.8) is 0 Å². The Morgan fingerprint density at radius 1 is 1.04 bits per heavy atom. The molecule has 0 heterocycles. The first kappa shape index (κ1) is 18.5. The average molecular weight is 317 g/mol. The fourth-order valence-electron chi connectivity index (χ4n) is 1.76. The van der Waals surface area contributed by atoms with Gasteiger partial charge in [-0.25, -0.2) is 9.59 Å². The van der Waals surface area contributed by atoms with Gasteiger partial charge in [-0.05, 0) is 26.3 Å². The molecule has 0 aliphatic heterocycles. The van der Waals surface area contributed by atoms with Crippen molar-refractivity contribution in [2.45, 2.75) is 38.8 Å². The van der Waals surface area contributed by atoms with Gasteiger partial charge in [-0.15, -0.1) is 0 Å². The summed E-state index contributed by atoms with van der Waals surface area (Å²) in [6, 6.07) is 15.5. The third kappa shape index (κ3) is 8.46. The Hall–Kier alpha value is -2.56. The molecule has 0 radical (unpaired) electrons. The zero-order valence-electron chi connectivity index (χ0n) is 13.7. The molecular formula is C18H23NO4. The summed E-state index contributed by atoms with van der Waals surface area (Å²) in [5.74, 6) is -1.11. The van der Waals surface area contributed by atoms with Gasteiger partial charge in [0.25, 0.3) is 0 Å². The van der Waals surface area contributed by atoms with Crippen LogP contribution >= 0.6 is 0 Å². The van der Waals surface area contributed by atoms with Crippen LogP contribution in [0.25, 0.3) is 0 Å². The molecule has 5 heteroatoms. The second kappa shape index (κ2) is 8.78. The van der Waals surface area contributed by atoms with E-state index in [1.165, 1.54) is 0 Å². The molecule has 0 spiro atoms. The summed E-state index contributed by atoms with van der Waals surface area (Å²) in [4.78, 5) is 23.2. The molecule has 1 rings (SSSR count). The molecule has 1 aromatic carbocycles. The lowest BCUT2D eigenvalue weighted by molar-refractivity contribution is -0.139. The van der Waals surface area contributed by atoms with E-state index in [1.54, 1.807) is 20.8 Å². The first-order valence-corrected chi connectivity index (χ1v) is 7.37. The van der Waals surface area contributed by atoms with Crippen molar-refractivity contribution in [2.24, 2.45) is 0 Å². The van der Waals surface area contributed by atoms with Gasteiger partial charge in [0.05, 0.1) is 0 Å². The summed E-state index contributed by atoms with van der Waals surface area (Å²) >= 11 is 0. The largest absolute Gasteiger partial charge is 0.480 e. The molecule has 0 aliphatic carbocycles. The highest BCUT2D eigenvalue weighted by Gasteiger charge is 2.23. The van der Waals surface area contributed by atoms with Crippen molar-refractivity contribution in [3.05, 3.63) is 60.2 Å². The number of aliphatic carboxylic acids is 1. The number of carboxylic acid groups (broad SMARTS) is 1. The lowest BCUT2D eigenvalue weighted by Gasteiger charge is -2.22. The molecule has 0 aliphatic rings. The predicted molar refractivity (Wildman–Crippen MR) is 88.6 cm³/mol. The molecule has 23 heavy (non-hydrogen) atoms. The lowest BCUT2D eigenvalue weighted by atomic mass is 10.1. The summed E-state index contributed by atoms with van der Waals surface area (Å²) in [6.45, 7) is 5.17. The topological polar surface area (TPSA) is 75.6 Å². The molecule has 1 atom stereocenters. The third-order valence-corrected chi connectivity index (χ3v) is 2.72. The van der Waals surface area contributed by atoms with E-state index in [9.17, 15) is 14.7 Å². The number of hydrogen-bond donors (Lipinski definition) is 2. The molecule has 0 fully saturated rings. The minimum Gasteiger partial charge on any atom is -0.480 e. The Balaban J connectivity index is 2.88. The Labute approximate surface area is 136 Å². The van der Waals surface area contributed by atoms with Crippen molar-refractivity contribution in [2.75, 3.05) is 0 Å². The van der Waals surface area contributed by atoms with Crippen LogP contribution < -0.4 is 5.32 Å². The van der Waals surface area contributed by atoms with E-state index in [2.05, 4.69) is 5.32 Å². The maximum atomic E-state index is 11.8. The quantitative estimate of drug-likeness (QED) is 0.893. The van der Waals surface area contributed by atoms with Crippen LogP contribution in [0.5, 0.6) is 0 Å². The number of ether oxygens (including phenoxy) is 1. The molecule has 0 saturated carbocycles. The van der Waals surface area contributed by atoms with Gasteiger partial charge in [0.2, 0.25) is 0 Å². The predicted octanol–water partition coefficient (Wildman–Crippen LogP) is 3.33. The number of amides is 1. The van der Waals surface area contributed by atoms with Crippen LogP contribution in [0.4, 0.5) is 4.79 Å². The Bertz CT molecular complexity index is 567. The second-order valence-corrected chi connectivity index (χ2v) is 6.00. The van der Waals surface area contributed by atoms with Crippen LogP contribution in [-0.2, 0) is 16.0 Å². The van der Waals surface area contributed by atoms with Gasteiger partial charge < -0.3 is 15.2 Å². The Kier molecular flexibility index (Phi) is 7.06. The number of alkyl carbamates (subject to hydrolysis) is 1. The highest BCUT2D eigenvalue weighted by atomic mass is 16.6. The lowest BCUT2D eigenvalue weighted by Crippen LogP contribution is -2.44. The Morgan fingerprint density at radius 3 is 1.96 bits per heavy atom. The minimum atomic E-state index is -1.11. The minimum absolute atomic E-state index is 0.160. The zero-order chi connectivity index (χ0) is 17.3. The van der Waals surface area contributed by atoms with Crippen LogP contribution in [0, 0.1) is 0 Å². The number of rotatable bonds is 4. The molecule has 5 nitrogen and oxygen atoms in total. The number of hydrogen-bond acceptors (Lipinski definition) is 3. The van der Waals surface area contributed by atoms with E-state index in [-0.39, 0.29) is 6.42 Å². The van der Waals surface area contributed by atoms with E-state index in [4.69, 9.17) is 4.74 Å². The van der Waals surface area contributed by atoms with E-state index >= 15 is 0 Å². The molecule has 1 amide bonds.